The number of allylic oxidation sites excluding steroid dienone is 1. The fourth-order valence-electron chi connectivity index (χ4n) is 1.87. The molecule has 88 valence electrons. The maximum atomic E-state index is 5.92. The summed E-state index contributed by atoms with van der Waals surface area (Å²) in [7, 11) is 0. The normalized spacial score (nSPS) is 27.5. The third-order valence-corrected chi connectivity index (χ3v) is 2.60. The molecule has 0 N–H and O–H groups in total. The third kappa shape index (κ3) is 4.80. The lowest BCUT2D eigenvalue weighted by Gasteiger charge is -2.23. The van der Waals surface area contributed by atoms with Gasteiger partial charge in [0, 0.05) is 13.0 Å². The Morgan fingerprint density at radius 2 is 2.07 bits per heavy atom. The predicted octanol–water partition coefficient (Wildman–Crippen LogP) is 3.38. The van der Waals surface area contributed by atoms with E-state index >= 15 is 0 Å². The quantitative estimate of drug-likeness (QED) is 0.496. The molecule has 0 aliphatic heterocycles. The summed E-state index contributed by atoms with van der Waals surface area (Å²) in [6, 6.07) is 0. The van der Waals surface area contributed by atoms with Gasteiger partial charge in [0.15, 0.2) is 6.29 Å². The highest BCUT2D eigenvalue weighted by atomic mass is 16.7. The zero-order chi connectivity index (χ0) is 11.3. The van der Waals surface area contributed by atoms with Crippen LogP contribution in [0.15, 0.2) is 12.2 Å². The lowest BCUT2D eigenvalue weighted by molar-refractivity contribution is -0.165. The SMILES string of the molecule is CCOC(CC(C)C)O[C@@H]1C=C[C@@H](C)C1. The summed E-state index contributed by atoms with van der Waals surface area (Å²) in [6.07, 6.45) is 6.69. The van der Waals surface area contributed by atoms with E-state index < -0.39 is 0 Å². The summed E-state index contributed by atoms with van der Waals surface area (Å²) in [5.41, 5.74) is 0. The van der Waals surface area contributed by atoms with Crippen LogP contribution in [0, 0.1) is 11.8 Å². The van der Waals surface area contributed by atoms with Gasteiger partial charge in [0.05, 0.1) is 6.10 Å². The minimum atomic E-state index is -0.0325. The molecule has 1 unspecified atom stereocenters. The van der Waals surface area contributed by atoms with Crippen molar-refractivity contribution in [2.75, 3.05) is 6.61 Å². The van der Waals surface area contributed by atoms with E-state index in [9.17, 15) is 0 Å². The highest BCUT2D eigenvalue weighted by Crippen LogP contribution is 2.22. The smallest absolute Gasteiger partial charge is 0.158 e. The Balaban J connectivity index is 2.33. The average Bonchev–Trinajstić information content (AvgIpc) is 2.50. The molecule has 1 rings (SSSR count). The van der Waals surface area contributed by atoms with E-state index in [0.717, 1.165) is 19.4 Å². The van der Waals surface area contributed by atoms with Gasteiger partial charge in [-0.25, -0.2) is 0 Å². The van der Waals surface area contributed by atoms with Crippen LogP contribution in [0.1, 0.15) is 40.5 Å². The van der Waals surface area contributed by atoms with Gasteiger partial charge in [0.1, 0.15) is 0 Å². The molecule has 3 atom stereocenters. The number of rotatable bonds is 6. The Morgan fingerprint density at radius 3 is 2.53 bits per heavy atom. The van der Waals surface area contributed by atoms with Crippen molar-refractivity contribution >= 4 is 0 Å². The molecule has 0 aromatic carbocycles. The Morgan fingerprint density at radius 1 is 1.33 bits per heavy atom. The first-order chi connectivity index (χ1) is 7.11. The van der Waals surface area contributed by atoms with E-state index in [1.54, 1.807) is 0 Å². The summed E-state index contributed by atoms with van der Waals surface area (Å²) in [5, 5.41) is 0. The average molecular weight is 212 g/mol. The second-order valence-corrected chi connectivity index (χ2v) is 4.79. The van der Waals surface area contributed by atoms with Crippen LogP contribution in [0.3, 0.4) is 0 Å². The van der Waals surface area contributed by atoms with Crippen LogP contribution >= 0.6 is 0 Å². The highest BCUT2D eigenvalue weighted by Gasteiger charge is 2.21. The molecule has 0 aromatic heterocycles. The molecule has 0 fully saturated rings. The second kappa shape index (κ2) is 6.29. The fourth-order valence-corrected chi connectivity index (χ4v) is 1.87. The van der Waals surface area contributed by atoms with Crippen molar-refractivity contribution in [2.45, 2.75) is 52.9 Å². The number of hydrogen-bond acceptors (Lipinski definition) is 2. The molecule has 0 bridgehead atoms. The van der Waals surface area contributed by atoms with Crippen LogP contribution in [0.2, 0.25) is 0 Å². The summed E-state index contributed by atoms with van der Waals surface area (Å²) in [6.45, 7) is 9.36. The Hall–Kier alpha value is -0.340. The van der Waals surface area contributed by atoms with E-state index in [1.165, 1.54) is 0 Å². The van der Waals surface area contributed by atoms with Crippen LogP contribution in [0.4, 0.5) is 0 Å². The summed E-state index contributed by atoms with van der Waals surface area (Å²) < 4.78 is 11.5. The third-order valence-electron chi connectivity index (χ3n) is 2.60. The van der Waals surface area contributed by atoms with Crippen LogP contribution in [0.5, 0.6) is 0 Å². The van der Waals surface area contributed by atoms with E-state index in [4.69, 9.17) is 9.47 Å². The van der Waals surface area contributed by atoms with Crippen molar-refractivity contribution in [2.24, 2.45) is 11.8 Å². The monoisotopic (exact) mass is 212 g/mol. The molecule has 2 nitrogen and oxygen atoms in total. The van der Waals surface area contributed by atoms with E-state index in [2.05, 4.69) is 32.9 Å². The predicted molar refractivity (Wildman–Crippen MR) is 62.7 cm³/mol. The molecular formula is C13H24O2. The zero-order valence-electron chi connectivity index (χ0n) is 10.4. The Labute approximate surface area is 93.7 Å². The van der Waals surface area contributed by atoms with E-state index in [-0.39, 0.29) is 12.4 Å². The standard InChI is InChI=1S/C13H24O2/c1-5-14-13(8-10(2)3)15-12-7-6-11(4)9-12/h6-7,10-13H,5,8-9H2,1-4H3/t11-,12-,13?/m1/s1. The maximum absolute atomic E-state index is 5.92. The van der Waals surface area contributed by atoms with E-state index in [1.807, 2.05) is 6.92 Å². The molecule has 15 heavy (non-hydrogen) atoms. The van der Waals surface area contributed by atoms with Crippen molar-refractivity contribution in [1.29, 1.82) is 0 Å². The zero-order valence-corrected chi connectivity index (χ0v) is 10.4. The summed E-state index contributed by atoms with van der Waals surface area (Å²) in [5.74, 6) is 1.26. The van der Waals surface area contributed by atoms with Crippen LogP contribution < -0.4 is 0 Å². The first-order valence-corrected chi connectivity index (χ1v) is 6.07. The van der Waals surface area contributed by atoms with Crippen molar-refractivity contribution in [1.82, 2.24) is 0 Å². The molecule has 0 heterocycles. The summed E-state index contributed by atoms with van der Waals surface area (Å²) in [4.78, 5) is 0. The largest absolute Gasteiger partial charge is 0.353 e. The lowest BCUT2D eigenvalue weighted by atomic mass is 10.1. The first-order valence-electron chi connectivity index (χ1n) is 6.07. The Bertz CT molecular complexity index is 199. The molecule has 0 radical (unpaired) electrons. The molecule has 0 saturated heterocycles. The number of ether oxygens (including phenoxy) is 2. The molecule has 0 saturated carbocycles. The fraction of sp³-hybridized carbons (Fsp3) is 0.846. The lowest BCUT2D eigenvalue weighted by Crippen LogP contribution is -2.24. The van der Waals surface area contributed by atoms with E-state index in [0.29, 0.717) is 11.8 Å². The van der Waals surface area contributed by atoms with Gasteiger partial charge in [-0.3, -0.25) is 0 Å². The highest BCUT2D eigenvalue weighted by molar-refractivity contribution is 5.01. The van der Waals surface area contributed by atoms with Gasteiger partial charge in [-0.05, 0) is 25.2 Å². The van der Waals surface area contributed by atoms with Gasteiger partial charge in [0.25, 0.3) is 0 Å². The molecule has 1 aliphatic rings. The van der Waals surface area contributed by atoms with Crippen LogP contribution in [0.25, 0.3) is 0 Å². The maximum Gasteiger partial charge on any atom is 0.158 e. The molecule has 2 heteroatoms. The molecule has 1 aliphatic carbocycles. The van der Waals surface area contributed by atoms with Crippen molar-refractivity contribution in [3.8, 4) is 0 Å². The van der Waals surface area contributed by atoms with Crippen molar-refractivity contribution in [3.05, 3.63) is 12.2 Å². The second-order valence-electron chi connectivity index (χ2n) is 4.79. The van der Waals surface area contributed by atoms with Gasteiger partial charge in [-0.2, -0.15) is 0 Å². The minimum absolute atomic E-state index is 0.0325. The molecule has 0 spiro atoms. The van der Waals surface area contributed by atoms with Crippen molar-refractivity contribution < 1.29 is 9.47 Å². The first kappa shape index (κ1) is 12.7. The molecule has 0 aromatic rings. The topological polar surface area (TPSA) is 18.5 Å². The minimum Gasteiger partial charge on any atom is -0.353 e. The molecule has 0 amide bonds. The van der Waals surface area contributed by atoms with Crippen LogP contribution in [-0.2, 0) is 9.47 Å². The van der Waals surface area contributed by atoms with Crippen LogP contribution in [-0.4, -0.2) is 19.0 Å². The van der Waals surface area contributed by atoms with Gasteiger partial charge in [0.2, 0.25) is 0 Å². The Kier molecular flexibility index (Phi) is 5.34. The van der Waals surface area contributed by atoms with Gasteiger partial charge >= 0.3 is 0 Å². The molecular weight excluding hydrogens is 188 g/mol. The van der Waals surface area contributed by atoms with Crippen molar-refractivity contribution in [3.63, 3.8) is 0 Å². The summed E-state index contributed by atoms with van der Waals surface area (Å²) >= 11 is 0. The van der Waals surface area contributed by atoms with Gasteiger partial charge < -0.3 is 9.47 Å². The number of hydrogen-bond donors (Lipinski definition) is 0. The van der Waals surface area contributed by atoms with Gasteiger partial charge in [-0.15, -0.1) is 0 Å². The van der Waals surface area contributed by atoms with Gasteiger partial charge in [-0.1, -0.05) is 32.9 Å².